The Bertz CT molecular complexity index is 443. The lowest BCUT2D eigenvalue weighted by Crippen LogP contribution is -2.40. The molecule has 0 aliphatic heterocycles. The van der Waals surface area contributed by atoms with Crippen LogP contribution in [-0.2, 0) is 0 Å². The molecule has 112 valence electrons. The van der Waals surface area contributed by atoms with Gasteiger partial charge in [-0.05, 0) is 38.5 Å². The van der Waals surface area contributed by atoms with Gasteiger partial charge < -0.3 is 10.4 Å². The molecule has 1 aromatic heterocycles. The fourth-order valence-corrected chi connectivity index (χ4v) is 2.78. The number of aliphatic hydroxyl groups is 1. The molecular formula is C14H25N5O. The van der Waals surface area contributed by atoms with Gasteiger partial charge in [-0.1, -0.05) is 13.3 Å². The van der Waals surface area contributed by atoms with E-state index >= 15 is 0 Å². The van der Waals surface area contributed by atoms with Crippen LogP contribution in [0.15, 0.2) is 6.07 Å². The van der Waals surface area contributed by atoms with Crippen molar-refractivity contribution in [3.05, 3.63) is 11.8 Å². The predicted molar refractivity (Wildman–Crippen MR) is 80.3 cm³/mol. The van der Waals surface area contributed by atoms with Crippen LogP contribution in [0, 0.1) is 12.8 Å². The molecule has 1 heterocycles. The van der Waals surface area contributed by atoms with Gasteiger partial charge in [0.1, 0.15) is 5.82 Å². The normalized spacial score (nSPS) is 26.3. The van der Waals surface area contributed by atoms with Gasteiger partial charge in [0.05, 0.1) is 5.60 Å². The van der Waals surface area contributed by atoms with Gasteiger partial charge in [0, 0.05) is 18.3 Å². The van der Waals surface area contributed by atoms with Gasteiger partial charge in [-0.15, -0.1) is 0 Å². The maximum atomic E-state index is 10.6. The second-order valence-corrected chi connectivity index (χ2v) is 5.79. The third-order valence-electron chi connectivity index (χ3n) is 4.20. The van der Waals surface area contributed by atoms with Crippen LogP contribution in [0.2, 0.25) is 0 Å². The zero-order valence-electron chi connectivity index (χ0n) is 12.3. The van der Waals surface area contributed by atoms with Crippen molar-refractivity contribution in [1.82, 2.24) is 9.97 Å². The fourth-order valence-electron chi connectivity index (χ4n) is 2.78. The van der Waals surface area contributed by atoms with E-state index in [1.165, 1.54) is 6.42 Å². The molecule has 1 saturated carbocycles. The molecule has 1 aliphatic carbocycles. The first-order valence-corrected chi connectivity index (χ1v) is 7.33. The lowest BCUT2D eigenvalue weighted by Gasteiger charge is -2.36. The van der Waals surface area contributed by atoms with Crippen molar-refractivity contribution in [2.75, 3.05) is 17.3 Å². The summed E-state index contributed by atoms with van der Waals surface area (Å²) in [5.41, 5.74) is 2.65. The highest BCUT2D eigenvalue weighted by molar-refractivity contribution is 5.41. The van der Waals surface area contributed by atoms with Crippen LogP contribution < -0.4 is 16.6 Å². The Labute approximate surface area is 120 Å². The van der Waals surface area contributed by atoms with Crippen molar-refractivity contribution in [3.8, 4) is 0 Å². The lowest BCUT2D eigenvalue weighted by atomic mass is 9.78. The van der Waals surface area contributed by atoms with Gasteiger partial charge in [0.15, 0.2) is 0 Å². The molecule has 2 rings (SSSR count). The van der Waals surface area contributed by atoms with E-state index in [0.29, 0.717) is 18.3 Å². The van der Waals surface area contributed by atoms with Crippen LogP contribution in [-0.4, -0.2) is 27.2 Å². The number of aryl methyl sites for hydroxylation is 1. The smallest absolute Gasteiger partial charge is 0.239 e. The van der Waals surface area contributed by atoms with Crippen molar-refractivity contribution in [2.24, 2.45) is 11.8 Å². The highest BCUT2D eigenvalue weighted by Gasteiger charge is 2.32. The summed E-state index contributed by atoms with van der Waals surface area (Å²) in [5.74, 6) is 7.17. The quantitative estimate of drug-likeness (QED) is 0.485. The topological polar surface area (TPSA) is 96.1 Å². The molecule has 0 bridgehead atoms. The van der Waals surface area contributed by atoms with E-state index in [-0.39, 0.29) is 0 Å². The minimum atomic E-state index is -0.624. The molecule has 20 heavy (non-hydrogen) atoms. The summed E-state index contributed by atoms with van der Waals surface area (Å²) in [4.78, 5) is 8.36. The first kappa shape index (κ1) is 15.0. The summed E-state index contributed by atoms with van der Waals surface area (Å²) >= 11 is 0. The number of nitrogens with two attached hydrogens (primary N) is 1. The minimum Gasteiger partial charge on any atom is -0.388 e. The van der Waals surface area contributed by atoms with Crippen molar-refractivity contribution in [3.63, 3.8) is 0 Å². The van der Waals surface area contributed by atoms with E-state index in [1.807, 2.05) is 13.0 Å². The van der Waals surface area contributed by atoms with Crippen LogP contribution in [0.5, 0.6) is 0 Å². The summed E-state index contributed by atoms with van der Waals surface area (Å²) in [7, 11) is 0. The second-order valence-electron chi connectivity index (χ2n) is 5.79. The van der Waals surface area contributed by atoms with Crippen molar-refractivity contribution >= 4 is 11.8 Å². The highest BCUT2D eigenvalue weighted by Crippen LogP contribution is 2.33. The molecule has 0 saturated heterocycles. The van der Waals surface area contributed by atoms with E-state index in [4.69, 9.17) is 5.84 Å². The van der Waals surface area contributed by atoms with E-state index in [0.717, 1.165) is 37.3 Å². The Morgan fingerprint density at radius 2 is 2.10 bits per heavy atom. The first-order valence-electron chi connectivity index (χ1n) is 7.33. The summed E-state index contributed by atoms with van der Waals surface area (Å²) < 4.78 is 0. The summed E-state index contributed by atoms with van der Waals surface area (Å²) in [5, 5.41) is 13.8. The zero-order valence-corrected chi connectivity index (χ0v) is 12.3. The number of anilines is 2. The summed E-state index contributed by atoms with van der Waals surface area (Å²) in [6.45, 7) is 4.62. The molecule has 0 radical (unpaired) electrons. The van der Waals surface area contributed by atoms with Crippen LogP contribution in [0.3, 0.4) is 0 Å². The van der Waals surface area contributed by atoms with Crippen LogP contribution >= 0.6 is 0 Å². The average molecular weight is 279 g/mol. The molecule has 6 nitrogen and oxygen atoms in total. The maximum absolute atomic E-state index is 10.6. The molecule has 0 aromatic carbocycles. The molecule has 6 heteroatoms. The third kappa shape index (κ3) is 3.80. The summed E-state index contributed by atoms with van der Waals surface area (Å²) in [6.07, 6.45) is 5.12. The van der Waals surface area contributed by atoms with E-state index in [9.17, 15) is 5.11 Å². The van der Waals surface area contributed by atoms with Crippen molar-refractivity contribution < 1.29 is 5.11 Å². The highest BCUT2D eigenvalue weighted by atomic mass is 16.3. The van der Waals surface area contributed by atoms with Crippen LogP contribution in [0.25, 0.3) is 0 Å². The number of hydrogen-bond acceptors (Lipinski definition) is 6. The Balaban J connectivity index is 1.93. The molecule has 1 aliphatic rings. The second kappa shape index (κ2) is 6.37. The summed E-state index contributed by atoms with van der Waals surface area (Å²) in [6, 6.07) is 1.85. The Hall–Kier alpha value is -1.40. The molecular weight excluding hydrogens is 254 g/mol. The number of aromatic nitrogens is 2. The van der Waals surface area contributed by atoms with Gasteiger partial charge in [-0.3, -0.25) is 5.43 Å². The van der Waals surface area contributed by atoms with Gasteiger partial charge in [-0.2, -0.15) is 4.98 Å². The molecule has 0 spiro atoms. The molecule has 0 amide bonds. The van der Waals surface area contributed by atoms with Gasteiger partial charge >= 0.3 is 0 Å². The van der Waals surface area contributed by atoms with Crippen LogP contribution in [0.1, 0.15) is 44.7 Å². The van der Waals surface area contributed by atoms with E-state index < -0.39 is 5.60 Å². The molecule has 1 aromatic rings. The standard InChI is InChI=1S/C14H25N5O/c1-3-11-4-6-14(20,7-5-11)9-16-12-8-10(2)17-13(18-12)19-15/h8,11,20H,3-7,9,15H2,1-2H3,(H2,16,17,18,19). The monoisotopic (exact) mass is 279 g/mol. The molecule has 0 unspecified atom stereocenters. The van der Waals surface area contributed by atoms with Crippen molar-refractivity contribution in [1.29, 1.82) is 0 Å². The number of nitrogens with one attached hydrogen (secondary N) is 2. The maximum Gasteiger partial charge on any atom is 0.239 e. The predicted octanol–water partition coefficient (Wildman–Crippen LogP) is 1.81. The van der Waals surface area contributed by atoms with E-state index in [1.54, 1.807) is 0 Å². The Kier molecular flexibility index (Phi) is 4.77. The largest absolute Gasteiger partial charge is 0.388 e. The number of nitrogens with zero attached hydrogens (tertiary/aromatic N) is 2. The fraction of sp³-hybridized carbons (Fsp3) is 0.714. The van der Waals surface area contributed by atoms with Crippen LogP contribution in [0.4, 0.5) is 11.8 Å². The number of rotatable bonds is 5. The third-order valence-corrected chi connectivity index (χ3v) is 4.20. The number of hydrogen-bond donors (Lipinski definition) is 4. The molecule has 1 fully saturated rings. The molecule has 0 atom stereocenters. The molecule has 5 N–H and O–H groups in total. The number of nitrogen functional groups attached to an aromatic ring is 1. The first-order chi connectivity index (χ1) is 9.54. The van der Waals surface area contributed by atoms with Gasteiger partial charge in [0.2, 0.25) is 5.95 Å². The average Bonchev–Trinajstić information content (AvgIpc) is 2.45. The zero-order chi connectivity index (χ0) is 14.6. The number of hydrazine groups is 1. The van der Waals surface area contributed by atoms with Crippen molar-refractivity contribution in [2.45, 2.75) is 51.6 Å². The Morgan fingerprint density at radius 1 is 1.40 bits per heavy atom. The Morgan fingerprint density at radius 3 is 2.70 bits per heavy atom. The van der Waals surface area contributed by atoms with Gasteiger partial charge in [0.25, 0.3) is 0 Å². The SMILES string of the molecule is CCC1CCC(O)(CNc2cc(C)nc(NN)n2)CC1. The minimum absolute atomic E-state index is 0.384. The lowest BCUT2D eigenvalue weighted by molar-refractivity contribution is 0.00223. The van der Waals surface area contributed by atoms with Gasteiger partial charge in [-0.25, -0.2) is 10.8 Å². The van der Waals surface area contributed by atoms with E-state index in [2.05, 4.69) is 27.6 Å².